The molecule has 0 bridgehead atoms. The highest BCUT2D eigenvalue weighted by Gasteiger charge is 1.99. The molecule has 1 atom stereocenters. The van der Waals surface area contributed by atoms with Crippen LogP contribution in [0.25, 0.3) is 0 Å². The van der Waals surface area contributed by atoms with Gasteiger partial charge in [-0.15, -0.1) is 0 Å². The van der Waals surface area contributed by atoms with Crippen LogP contribution in [0.3, 0.4) is 0 Å². The van der Waals surface area contributed by atoms with Gasteiger partial charge in [-0.3, -0.25) is 4.98 Å². The zero-order chi connectivity index (χ0) is 15.9. The van der Waals surface area contributed by atoms with E-state index in [1.165, 1.54) is 69.8 Å². The number of hydrogen-bond acceptors (Lipinski definition) is 3. The Kier molecular flexibility index (Phi) is 11.3. The van der Waals surface area contributed by atoms with Gasteiger partial charge in [-0.05, 0) is 36.8 Å². The van der Waals surface area contributed by atoms with E-state index in [9.17, 15) is 0 Å². The number of aromatic nitrogens is 1. The zero-order valence-corrected chi connectivity index (χ0v) is 14.3. The van der Waals surface area contributed by atoms with E-state index in [1.54, 1.807) is 7.11 Å². The molecule has 0 N–H and O–H groups in total. The maximum Gasteiger partial charge on any atom is 0.106 e. The number of nitrogens with zero attached hydrogens (tertiary/aromatic N) is 2. The smallest absolute Gasteiger partial charge is 0.106 e. The van der Waals surface area contributed by atoms with Gasteiger partial charge in [0.1, 0.15) is 7.11 Å². The maximum atomic E-state index is 4.70. The number of aryl methyl sites for hydroxylation is 1. The number of pyridine rings is 1. The van der Waals surface area contributed by atoms with Crippen molar-refractivity contribution in [3.8, 4) is 0 Å². The van der Waals surface area contributed by atoms with Crippen LogP contribution in [0.4, 0.5) is 0 Å². The molecule has 0 fully saturated rings. The van der Waals surface area contributed by atoms with Crippen LogP contribution in [-0.2, 0) is 11.3 Å². The van der Waals surface area contributed by atoms with Crippen LogP contribution in [0.15, 0.2) is 29.7 Å². The van der Waals surface area contributed by atoms with Crippen molar-refractivity contribution in [1.82, 2.24) is 4.98 Å². The molecule has 0 saturated heterocycles. The van der Waals surface area contributed by atoms with Crippen molar-refractivity contribution in [2.24, 2.45) is 11.1 Å². The Hall–Kier alpha value is -1.38. The first kappa shape index (κ1) is 18.7. The number of oxime groups is 1. The lowest BCUT2D eigenvalue weighted by molar-refractivity contribution is 0.213. The molecule has 0 spiro atoms. The molecule has 0 aliphatic heterocycles. The largest absolute Gasteiger partial charge is 0.399 e. The quantitative estimate of drug-likeness (QED) is 0.278. The summed E-state index contributed by atoms with van der Waals surface area (Å²) in [4.78, 5) is 8.85. The first-order valence-corrected chi connectivity index (χ1v) is 8.78. The van der Waals surface area contributed by atoms with E-state index in [-0.39, 0.29) is 0 Å². The molecular weight excluding hydrogens is 272 g/mol. The molecule has 0 radical (unpaired) electrons. The summed E-state index contributed by atoms with van der Waals surface area (Å²) in [6, 6.07) is 4.20. The third kappa shape index (κ3) is 10.4. The molecule has 3 heteroatoms. The molecule has 0 aromatic carbocycles. The Labute approximate surface area is 136 Å². The van der Waals surface area contributed by atoms with Crippen LogP contribution in [0, 0.1) is 5.92 Å². The van der Waals surface area contributed by atoms with Gasteiger partial charge in [-0.2, -0.15) is 0 Å². The number of rotatable bonds is 13. The third-order valence-corrected chi connectivity index (χ3v) is 4.02. The summed E-state index contributed by atoms with van der Waals surface area (Å²) in [6.07, 6.45) is 18.9. The second-order valence-corrected chi connectivity index (χ2v) is 6.14. The normalized spacial score (nSPS) is 12.6. The van der Waals surface area contributed by atoms with Crippen LogP contribution < -0.4 is 0 Å². The fourth-order valence-corrected chi connectivity index (χ4v) is 2.64. The van der Waals surface area contributed by atoms with Gasteiger partial charge >= 0.3 is 0 Å². The van der Waals surface area contributed by atoms with Gasteiger partial charge in [-0.25, -0.2) is 0 Å². The molecule has 1 aromatic rings. The third-order valence-electron chi connectivity index (χ3n) is 4.02. The average Bonchev–Trinajstić information content (AvgIpc) is 2.55. The van der Waals surface area contributed by atoms with Crippen molar-refractivity contribution >= 4 is 6.21 Å². The molecule has 1 aromatic heterocycles. The highest BCUT2D eigenvalue weighted by Crippen LogP contribution is 2.13. The maximum absolute atomic E-state index is 4.70. The van der Waals surface area contributed by atoms with Crippen molar-refractivity contribution in [3.63, 3.8) is 0 Å². The first-order chi connectivity index (χ1) is 10.8. The van der Waals surface area contributed by atoms with Crippen molar-refractivity contribution in [1.29, 1.82) is 0 Å². The SMILES string of the molecule is CON=C[C@H](C)CCCCCCCCCCc1cccnc1. The Balaban J connectivity index is 1.83. The van der Waals surface area contributed by atoms with E-state index in [2.05, 4.69) is 23.1 Å². The van der Waals surface area contributed by atoms with Gasteiger partial charge in [0.2, 0.25) is 0 Å². The molecule has 0 unspecified atom stereocenters. The molecule has 0 aliphatic rings. The van der Waals surface area contributed by atoms with Crippen LogP contribution in [-0.4, -0.2) is 18.3 Å². The zero-order valence-electron chi connectivity index (χ0n) is 14.3. The van der Waals surface area contributed by atoms with Crippen molar-refractivity contribution < 1.29 is 4.84 Å². The Morgan fingerprint density at radius 1 is 1.09 bits per heavy atom. The Morgan fingerprint density at radius 2 is 1.77 bits per heavy atom. The van der Waals surface area contributed by atoms with Crippen molar-refractivity contribution in [3.05, 3.63) is 30.1 Å². The van der Waals surface area contributed by atoms with Crippen LogP contribution in [0.5, 0.6) is 0 Å². The monoisotopic (exact) mass is 304 g/mol. The van der Waals surface area contributed by atoms with E-state index in [4.69, 9.17) is 4.84 Å². The topological polar surface area (TPSA) is 34.5 Å². The summed E-state index contributed by atoms with van der Waals surface area (Å²) in [6.45, 7) is 2.20. The standard InChI is InChI=1S/C19H32N2O/c1-18(16-21-22-2)12-9-7-5-3-4-6-8-10-13-19-14-11-15-20-17-19/h11,14-18H,3-10,12-13H2,1-2H3/t18-/m1/s1. The minimum atomic E-state index is 0.535. The first-order valence-electron chi connectivity index (χ1n) is 8.78. The average molecular weight is 304 g/mol. The van der Waals surface area contributed by atoms with Gasteiger partial charge in [0.15, 0.2) is 0 Å². The minimum Gasteiger partial charge on any atom is -0.399 e. The summed E-state index contributed by atoms with van der Waals surface area (Å²) in [5, 5.41) is 3.82. The number of unbranched alkanes of at least 4 members (excludes halogenated alkanes) is 7. The second-order valence-electron chi connectivity index (χ2n) is 6.14. The molecule has 3 nitrogen and oxygen atoms in total. The summed E-state index contributed by atoms with van der Waals surface area (Å²) in [5.74, 6) is 0.535. The Morgan fingerprint density at radius 3 is 2.41 bits per heavy atom. The lowest BCUT2D eigenvalue weighted by Crippen LogP contribution is -1.96. The fraction of sp³-hybridized carbons (Fsp3) is 0.684. The molecule has 22 heavy (non-hydrogen) atoms. The molecule has 124 valence electrons. The molecular formula is C19H32N2O. The van der Waals surface area contributed by atoms with E-state index >= 15 is 0 Å². The summed E-state index contributed by atoms with van der Waals surface area (Å²) in [5.41, 5.74) is 1.37. The summed E-state index contributed by atoms with van der Waals surface area (Å²) in [7, 11) is 1.60. The molecule has 1 rings (SSSR count). The van der Waals surface area contributed by atoms with Crippen molar-refractivity contribution in [2.75, 3.05) is 7.11 Å². The van der Waals surface area contributed by atoms with Gasteiger partial charge in [0.05, 0.1) is 0 Å². The van der Waals surface area contributed by atoms with Crippen LogP contribution in [0.1, 0.15) is 70.3 Å². The van der Waals surface area contributed by atoms with Crippen molar-refractivity contribution in [2.45, 2.75) is 71.1 Å². The lowest BCUT2D eigenvalue weighted by atomic mass is 10.0. The van der Waals surface area contributed by atoms with E-state index in [0.29, 0.717) is 5.92 Å². The van der Waals surface area contributed by atoms with E-state index in [1.807, 2.05) is 24.7 Å². The van der Waals surface area contributed by atoms with Gasteiger partial charge in [0, 0.05) is 18.6 Å². The Bertz CT molecular complexity index is 378. The molecule has 0 amide bonds. The summed E-state index contributed by atoms with van der Waals surface area (Å²) >= 11 is 0. The summed E-state index contributed by atoms with van der Waals surface area (Å²) < 4.78 is 0. The van der Waals surface area contributed by atoms with Crippen LogP contribution >= 0.6 is 0 Å². The van der Waals surface area contributed by atoms with Gasteiger partial charge in [-0.1, -0.05) is 63.1 Å². The fourth-order valence-electron chi connectivity index (χ4n) is 2.64. The molecule has 1 heterocycles. The minimum absolute atomic E-state index is 0.535. The van der Waals surface area contributed by atoms with Gasteiger partial charge in [0.25, 0.3) is 0 Å². The van der Waals surface area contributed by atoms with E-state index in [0.717, 1.165) is 0 Å². The lowest BCUT2D eigenvalue weighted by Gasteiger charge is -2.05. The predicted molar refractivity (Wildman–Crippen MR) is 94.2 cm³/mol. The van der Waals surface area contributed by atoms with Gasteiger partial charge < -0.3 is 4.84 Å². The molecule has 0 aliphatic carbocycles. The van der Waals surface area contributed by atoms with Crippen LogP contribution in [0.2, 0.25) is 0 Å². The predicted octanol–water partition coefficient (Wildman–Crippen LogP) is 5.40. The highest BCUT2D eigenvalue weighted by atomic mass is 16.6. The van der Waals surface area contributed by atoms with E-state index < -0.39 is 0 Å². The number of hydrogen-bond donors (Lipinski definition) is 0. The highest BCUT2D eigenvalue weighted by molar-refractivity contribution is 5.59. The second kappa shape index (κ2) is 13.3. The molecule has 0 saturated carbocycles.